The number of esters is 2. The van der Waals surface area contributed by atoms with Gasteiger partial charge in [-0.15, -0.1) is 0 Å². The molecule has 0 N–H and O–H groups in total. The molecule has 1 aromatic carbocycles. The van der Waals surface area contributed by atoms with Crippen molar-refractivity contribution < 1.29 is 19.1 Å². The van der Waals surface area contributed by atoms with E-state index in [1.807, 2.05) is 6.07 Å². The summed E-state index contributed by atoms with van der Waals surface area (Å²) < 4.78 is 9.07. The number of hydrogen-bond donors (Lipinski definition) is 0. The zero-order valence-corrected chi connectivity index (χ0v) is 10.5. The number of carbonyl (C=O) groups is 2. The van der Waals surface area contributed by atoms with Gasteiger partial charge in [-0.3, -0.25) is 9.59 Å². The minimum absolute atomic E-state index is 0.246. The van der Waals surface area contributed by atoms with Crippen LogP contribution in [0.4, 0.5) is 0 Å². The molecule has 0 aliphatic rings. The van der Waals surface area contributed by atoms with Gasteiger partial charge in [-0.25, -0.2) is 0 Å². The number of benzene rings is 1. The van der Waals surface area contributed by atoms with Crippen molar-refractivity contribution >= 4 is 23.5 Å². The van der Waals surface area contributed by atoms with Gasteiger partial charge in [-0.2, -0.15) is 5.26 Å². The van der Waals surface area contributed by atoms with Gasteiger partial charge in [0, 0.05) is 5.02 Å². The highest BCUT2D eigenvalue weighted by atomic mass is 35.5. The van der Waals surface area contributed by atoms with E-state index in [-0.39, 0.29) is 16.1 Å². The molecule has 0 fully saturated rings. The fourth-order valence-electron chi connectivity index (χ4n) is 1.45. The summed E-state index contributed by atoms with van der Waals surface area (Å²) in [4.78, 5) is 23.1. The van der Waals surface area contributed by atoms with E-state index < -0.39 is 17.9 Å². The maximum Gasteiger partial charge on any atom is 0.324 e. The lowest BCUT2D eigenvalue weighted by Gasteiger charge is -2.13. The topological polar surface area (TPSA) is 76.4 Å². The molecule has 1 rings (SSSR count). The van der Waals surface area contributed by atoms with Gasteiger partial charge in [-0.05, 0) is 23.8 Å². The maximum atomic E-state index is 11.6. The highest BCUT2D eigenvalue weighted by molar-refractivity contribution is 6.30. The summed E-state index contributed by atoms with van der Waals surface area (Å²) in [7, 11) is 2.32. The van der Waals surface area contributed by atoms with Gasteiger partial charge in [0.05, 0.1) is 25.9 Å². The number of nitrogens with zero attached hydrogens (tertiary/aromatic N) is 1. The summed E-state index contributed by atoms with van der Waals surface area (Å²) in [6.45, 7) is 0. The fraction of sp³-hybridized carbons (Fsp3) is 0.250. The zero-order valence-electron chi connectivity index (χ0n) is 9.77. The SMILES string of the molecule is COC(=O)C(C(=O)OC)c1cc(Cl)cc(C#N)c1. The third kappa shape index (κ3) is 2.99. The zero-order chi connectivity index (χ0) is 13.7. The van der Waals surface area contributed by atoms with Crippen LogP contribution < -0.4 is 0 Å². The minimum atomic E-state index is -1.24. The van der Waals surface area contributed by atoms with Crippen molar-refractivity contribution in [1.82, 2.24) is 0 Å². The molecule has 0 saturated heterocycles. The molecule has 5 nitrogen and oxygen atoms in total. The molecule has 0 amide bonds. The van der Waals surface area contributed by atoms with Crippen molar-refractivity contribution in [2.24, 2.45) is 0 Å². The van der Waals surface area contributed by atoms with Crippen LogP contribution in [-0.4, -0.2) is 26.2 Å². The first kappa shape index (κ1) is 14.0. The van der Waals surface area contributed by atoms with Crippen molar-refractivity contribution in [2.75, 3.05) is 14.2 Å². The predicted octanol–water partition coefficient (Wildman–Crippen LogP) is 1.64. The molecule has 0 atom stereocenters. The molecular formula is C12H10ClNO4. The van der Waals surface area contributed by atoms with E-state index in [0.717, 1.165) is 14.2 Å². The monoisotopic (exact) mass is 267 g/mol. The Morgan fingerprint density at radius 2 is 1.78 bits per heavy atom. The lowest BCUT2D eigenvalue weighted by atomic mass is 9.97. The molecule has 1 aromatic rings. The van der Waals surface area contributed by atoms with Crippen LogP contribution in [0.2, 0.25) is 5.02 Å². The minimum Gasteiger partial charge on any atom is -0.468 e. The first-order chi connectivity index (χ1) is 8.53. The number of ether oxygens (including phenoxy) is 2. The molecule has 0 aliphatic heterocycles. The Labute approximate surface area is 109 Å². The van der Waals surface area contributed by atoms with Gasteiger partial charge in [0.15, 0.2) is 5.92 Å². The molecule has 0 heterocycles. The molecular weight excluding hydrogens is 258 g/mol. The molecule has 18 heavy (non-hydrogen) atoms. The Kier molecular flexibility index (Phi) is 4.69. The van der Waals surface area contributed by atoms with Gasteiger partial charge >= 0.3 is 11.9 Å². The quantitative estimate of drug-likeness (QED) is 0.615. The van der Waals surface area contributed by atoms with E-state index in [9.17, 15) is 9.59 Å². The normalized spacial score (nSPS) is 9.72. The van der Waals surface area contributed by atoms with Crippen LogP contribution in [0.3, 0.4) is 0 Å². The van der Waals surface area contributed by atoms with E-state index >= 15 is 0 Å². The molecule has 0 bridgehead atoms. The Bertz CT molecular complexity index is 505. The van der Waals surface area contributed by atoms with Crippen molar-refractivity contribution in [2.45, 2.75) is 5.92 Å². The van der Waals surface area contributed by atoms with E-state index in [1.165, 1.54) is 18.2 Å². The lowest BCUT2D eigenvalue weighted by Crippen LogP contribution is -2.24. The summed E-state index contributed by atoms with van der Waals surface area (Å²) in [6.07, 6.45) is 0. The van der Waals surface area contributed by atoms with Crippen LogP contribution in [0.15, 0.2) is 18.2 Å². The lowest BCUT2D eigenvalue weighted by molar-refractivity contribution is -0.154. The average molecular weight is 268 g/mol. The average Bonchev–Trinajstić information content (AvgIpc) is 2.37. The van der Waals surface area contributed by atoms with Crippen LogP contribution >= 0.6 is 11.6 Å². The summed E-state index contributed by atoms with van der Waals surface area (Å²) in [5, 5.41) is 9.07. The number of carbonyl (C=O) groups excluding carboxylic acids is 2. The number of halogens is 1. The summed E-state index contributed by atoms with van der Waals surface area (Å²) >= 11 is 5.81. The standard InChI is InChI=1S/C12H10ClNO4/c1-17-11(15)10(12(16)18-2)8-3-7(6-14)4-9(13)5-8/h3-5,10H,1-2H3. The highest BCUT2D eigenvalue weighted by Gasteiger charge is 2.31. The molecule has 0 saturated carbocycles. The van der Waals surface area contributed by atoms with Gasteiger partial charge in [0.25, 0.3) is 0 Å². The first-order valence-electron chi connectivity index (χ1n) is 4.89. The number of hydrogen-bond acceptors (Lipinski definition) is 5. The Hall–Kier alpha value is -2.06. The smallest absolute Gasteiger partial charge is 0.324 e. The van der Waals surface area contributed by atoms with Crippen LogP contribution in [0.25, 0.3) is 0 Å². The van der Waals surface area contributed by atoms with Crippen molar-refractivity contribution in [3.05, 3.63) is 34.3 Å². The maximum absolute atomic E-state index is 11.6. The van der Waals surface area contributed by atoms with E-state index in [1.54, 1.807) is 0 Å². The molecule has 0 unspecified atom stereocenters. The van der Waals surface area contributed by atoms with Crippen molar-refractivity contribution in [3.63, 3.8) is 0 Å². The second kappa shape index (κ2) is 6.03. The third-order valence-electron chi connectivity index (χ3n) is 2.26. The predicted molar refractivity (Wildman–Crippen MR) is 62.9 cm³/mol. The van der Waals surface area contributed by atoms with Crippen LogP contribution in [0.1, 0.15) is 17.0 Å². The number of rotatable bonds is 3. The van der Waals surface area contributed by atoms with Crippen LogP contribution in [-0.2, 0) is 19.1 Å². The van der Waals surface area contributed by atoms with Crippen molar-refractivity contribution in [3.8, 4) is 6.07 Å². The molecule has 6 heteroatoms. The Morgan fingerprint density at radius 3 is 2.22 bits per heavy atom. The Morgan fingerprint density at radius 1 is 1.22 bits per heavy atom. The molecule has 94 valence electrons. The molecule has 0 radical (unpaired) electrons. The number of nitriles is 1. The summed E-state index contributed by atoms with van der Waals surface area (Å²) in [6, 6.07) is 6.13. The molecule has 0 aliphatic carbocycles. The van der Waals surface area contributed by atoms with Crippen LogP contribution in [0, 0.1) is 11.3 Å². The summed E-state index contributed by atoms with van der Waals surface area (Å²) in [5.74, 6) is -2.79. The van der Waals surface area contributed by atoms with Gasteiger partial charge in [0.1, 0.15) is 0 Å². The van der Waals surface area contributed by atoms with Crippen LogP contribution in [0.5, 0.6) is 0 Å². The van der Waals surface area contributed by atoms with Gasteiger partial charge in [0.2, 0.25) is 0 Å². The molecule has 0 aromatic heterocycles. The number of methoxy groups -OCH3 is 2. The molecule has 0 spiro atoms. The van der Waals surface area contributed by atoms with Gasteiger partial charge < -0.3 is 9.47 Å². The van der Waals surface area contributed by atoms with E-state index in [2.05, 4.69) is 9.47 Å². The van der Waals surface area contributed by atoms with E-state index in [0.29, 0.717) is 0 Å². The van der Waals surface area contributed by atoms with Gasteiger partial charge in [-0.1, -0.05) is 11.6 Å². The second-order valence-electron chi connectivity index (χ2n) is 3.36. The fourth-order valence-corrected chi connectivity index (χ4v) is 1.69. The second-order valence-corrected chi connectivity index (χ2v) is 3.80. The highest BCUT2D eigenvalue weighted by Crippen LogP contribution is 2.24. The first-order valence-corrected chi connectivity index (χ1v) is 5.27. The largest absolute Gasteiger partial charge is 0.468 e. The van der Waals surface area contributed by atoms with Crippen molar-refractivity contribution in [1.29, 1.82) is 5.26 Å². The Balaban J connectivity index is 3.29. The van der Waals surface area contributed by atoms with E-state index in [4.69, 9.17) is 16.9 Å². The third-order valence-corrected chi connectivity index (χ3v) is 2.47. The summed E-state index contributed by atoms with van der Waals surface area (Å²) in [5.41, 5.74) is 0.507.